The number of nitrogens with one attached hydrogen (secondary N) is 1. The van der Waals surface area contributed by atoms with Crippen molar-refractivity contribution in [2.45, 2.75) is 10.2 Å². The lowest BCUT2D eigenvalue weighted by Crippen LogP contribution is -2.00. The van der Waals surface area contributed by atoms with Gasteiger partial charge < -0.3 is 9.88 Å². The molecule has 0 aliphatic rings. The molecule has 2 aromatic rings. The minimum Gasteiger partial charge on any atom is -0.371 e. The number of halogens is 2. The highest BCUT2D eigenvalue weighted by atomic mass is 32.2. The summed E-state index contributed by atoms with van der Waals surface area (Å²) in [6.07, 6.45) is 3.34. The number of pyridine rings is 1. The molecule has 0 aliphatic heterocycles. The zero-order valence-electron chi connectivity index (χ0n) is 9.24. The van der Waals surface area contributed by atoms with Crippen LogP contribution < -0.4 is 5.32 Å². The van der Waals surface area contributed by atoms with E-state index in [0.29, 0.717) is 5.16 Å². The van der Waals surface area contributed by atoms with Gasteiger partial charge in [-0.2, -0.15) is 0 Å². The zero-order valence-corrected chi connectivity index (χ0v) is 10.1. The van der Waals surface area contributed by atoms with Gasteiger partial charge in [0, 0.05) is 32.6 Å². The summed E-state index contributed by atoms with van der Waals surface area (Å²) < 4.78 is 28.4. The molecule has 0 aromatic carbocycles. The van der Waals surface area contributed by atoms with E-state index in [0.717, 1.165) is 17.8 Å². The third-order valence-electron chi connectivity index (χ3n) is 2.10. The molecule has 0 bridgehead atoms. The van der Waals surface area contributed by atoms with Crippen LogP contribution in [0.25, 0.3) is 0 Å². The average molecular weight is 256 g/mol. The number of hydrogen-bond donors (Lipinski definition) is 1. The topological polar surface area (TPSA) is 42.7 Å². The lowest BCUT2D eigenvalue weighted by molar-refractivity contribution is 0.551. The molecule has 4 nitrogen and oxygen atoms in total. The fourth-order valence-electron chi connectivity index (χ4n) is 1.23. The predicted octanol–water partition coefficient (Wildman–Crippen LogP) is 2.29. The van der Waals surface area contributed by atoms with Crippen LogP contribution >= 0.6 is 11.8 Å². The third-order valence-corrected chi connectivity index (χ3v) is 3.15. The number of aromatic nitrogens is 3. The van der Waals surface area contributed by atoms with Crippen molar-refractivity contribution in [3.8, 4) is 0 Å². The molecule has 7 heteroatoms. The summed E-state index contributed by atoms with van der Waals surface area (Å²) in [5.41, 5.74) is 0. The largest absolute Gasteiger partial charge is 0.371 e. The Morgan fingerprint density at radius 2 is 2.12 bits per heavy atom. The summed E-state index contributed by atoms with van der Waals surface area (Å²) in [4.78, 5) is 7.89. The van der Waals surface area contributed by atoms with Crippen LogP contribution in [0.3, 0.4) is 0 Å². The van der Waals surface area contributed by atoms with Gasteiger partial charge in [0.15, 0.2) is 22.6 Å². The van der Waals surface area contributed by atoms with Crippen molar-refractivity contribution in [1.29, 1.82) is 0 Å². The molecule has 0 unspecified atom stereocenters. The molecule has 0 fully saturated rings. The SMILES string of the molecule is CNc1nc(Sc2nccn2C)c(F)cc1F. The van der Waals surface area contributed by atoms with E-state index in [2.05, 4.69) is 15.3 Å². The molecule has 2 aromatic heterocycles. The van der Waals surface area contributed by atoms with Gasteiger partial charge in [-0.15, -0.1) is 0 Å². The van der Waals surface area contributed by atoms with Crippen LogP contribution in [-0.2, 0) is 7.05 Å². The van der Waals surface area contributed by atoms with E-state index < -0.39 is 11.6 Å². The van der Waals surface area contributed by atoms with Gasteiger partial charge in [-0.05, 0) is 11.8 Å². The van der Waals surface area contributed by atoms with Crippen LogP contribution in [0.15, 0.2) is 28.6 Å². The normalized spacial score (nSPS) is 10.6. The number of nitrogens with zero attached hydrogens (tertiary/aromatic N) is 3. The number of aryl methyl sites for hydroxylation is 1. The summed E-state index contributed by atoms with van der Waals surface area (Å²) >= 11 is 1.04. The van der Waals surface area contributed by atoms with Crippen molar-refractivity contribution in [1.82, 2.24) is 14.5 Å². The molecule has 17 heavy (non-hydrogen) atoms. The molecule has 0 atom stereocenters. The molecule has 0 saturated carbocycles. The summed E-state index contributed by atoms with van der Waals surface area (Å²) in [7, 11) is 3.31. The minimum atomic E-state index is -0.714. The quantitative estimate of drug-likeness (QED) is 0.915. The van der Waals surface area contributed by atoms with E-state index >= 15 is 0 Å². The van der Waals surface area contributed by atoms with Crippen LogP contribution in [0, 0.1) is 11.6 Å². The second-order valence-electron chi connectivity index (χ2n) is 3.28. The maximum absolute atomic E-state index is 13.5. The smallest absolute Gasteiger partial charge is 0.174 e. The van der Waals surface area contributed by atoms with E-state index in [1.165, 1.54) is 7.05 Å². The Bertz CT molecular complexity index is 541. The van der Waals surface area contributed by atoms with Gasteiger partial charge in [0.05, 0.1) is 0 Å². The molecule has 90 valence electrons. The Morgan fingerprint density at radius 3 is 2.71 bits per heavy atom. The zero-order chi connectivity index (χ0) is 12.4. The van der Waals surface area contributed by atoms with Crippen LogP contribution in [0.2, 0.25) is 0 Å². The van der Waals surface area contributed by atoms with Crippen LogP contribution in [-0.4, -0.2) is 21.6 Å². The first-order valence-corrected chi connectivity index (χ1v) is 5.62. The number of imidazole rings is 1. The summed E-state index contributed by atoms with van der Waals surface area (Å²) in [6.45, 7) is 0. The molecular formula is C10H10F2N4S. The first-order chi connectivity index (χ1) is 8.11. The van der Waals surface area contributed by atoms with E-state index in [9.17, 15) is 8.78 Å². The molecule has 0 radical (unpaired) electrons. The van der Waals surface area contributed by atoms with Crippen molar-refractivity contribution >= 4 is 17.6 Å². The van der Waals surface area contributed by atoms with Gasteiger partial charge in [-0.1, -0.05) is 0 Å². The lowest BCUT2D eigenvalue weighted by Gasteiger charge is -2.06. The number of anilines is 1. The first-order valence-electron chi connectivity index (χ1n) is 4.80. The standard InChI is InChI=1S/C10H10F2N4S/c1-13-8-6(11)5-7(12)9(15-8)17-10-14-3-4-16(10)2/h3-5H,1-2H3,(H,13,15). The Hall–Kier alpha value is -1.63. The summed E-state index contributed by atoms with van der Waals surface area (Å²) in [5, 5.41) is 3.24. The maximum atomic E-state index is 13.5. The Morgan fingerprint density at radius 1 is 1.35 bits per heavy atom. The Balaban J connectivity index is 2.36. The lowest BCUT2D eigenvalue weighted by atomic mass is 10.4. The van der Waals surface area contributed by atoms with Crippen LogP contribution in [0.1, 0.15) is 0 Å². The van der Waals surface area contributed by atoms with Gasteiger partial charge in [0.1, 0.15) is 5.03 Å². The molecule has 0 aliphatic carbocycles. The fourth-order valence-corrected chi connectivity index (χ4v) is 2.02. The van der Waals surface area contributed by atoms with Gasteiger partial charge >= 0.3 is 0 Å². The van der Waals surface area contributed by atoms with Gasteiger partial charge in [-0.25, -0.2) is 18.7 Å². The predicted molar refractivity (Wildman–Crippen MR) is 61.0 cm³/mol. The minimum absolute atomic E-state index is 0.0168. The second kappa shape index (κ2) is 4.70. The highest BCUT2D eigenvalue weighted by Crippen LogP contribution is 2.28. The summed E-state index contributed by atoms with van der Waals surface area (Å²) in [6, 6.07) is 0.810. The highest BCUT2D eigenvalue weighted by Gasteiger charge is 2.13. The summed E-state index contributed by atoms with van der Waals surface area (Å²) in [5.74, 6) is -1.40. The van der Waals surface area contributed by atoms with Crippen molar-refractivity contribution in [2.24, 2.45) is 7.05 Å². The number of hydrogen-bond acceptors (Lipinski definition) is 4. The Kier molecular flexibility index (Phi) is 3.28. The van der Waals surface area contributed by atoms with Crippen LogP contribution in [0.5, 0.6) is 0 Å². The van der Waals surface area contributed by atoms with Crippen molar-refractivity contribution in [3.63, 3.8) is 0 Å². The van der Waals surface area contributed by atoms with Crippen molar-refractivity contribution in [2.75, 3.05) is 12.4 Å². The van der Waals surface area contributed by atoms with E-state index in [4.69, 9.17) is 0 Å². The van der Waals surface area contributed by atoms with E-state index in [1.807, 2.05) is 0 Å². The van der Waals surface area contributed by atoms with Crippen molar-refractivity contribution in [3.05, 3.63) is 30.1 Å². The van der Waals surface area contributed by atoms with Gasteiger partial charge in [0.25, 0.3) is 0 Å². The molecule has 0 spiro atoms. The monoisotopic (exact) mass is 256 g/mol. The number of rotatable bonds is 3. The Labute approximate surface area is 101 Å². The molecular weight excluding hydrogens is 246 g/mol. The first kappa shape index (κ1) is 11.8. The maximum Gasteiger partial charge on any atom is 0.174 e. The third kappa shape index (κ3) is 2.38. The van der Waals surface area contributed by atoms with Crippen molar-refractivity contribution < 1.29 is 8.78 Å². The van der Waals surface area contributed by atoms with E-state index in [-0.39, 0.29) is 10.8 Å². The average Bonchev–Trinajstić information content (AvgIpc) is 2.68. The molecule has 0 amide bonds. The van der Waals surface area contributed by atoms with Gasteiger partial charge in [-0.3, -0.25) is 0 Å². The molecule has 1 N–H and O–H groups in total. The van der Waals surface area contributed by atoms with Crippen LogP contribution in [0.4, 0.5) is 14.6 Å². The van der Waals surface area contributed by atoms with E-state index in [1.54, 1.807) is 24.0 Å². The van der Waals surface area contributed by atoms with Gasteiger partial charge in [0.2, 0.25) is 0 Å². The molecule has 2 rings (SSSR count). The molecule has 2 heterocycles. The highest BCUT2D eigenvalue weighted by molar-refractivity contribution is 7.99. The fraction of sp³-hybridized carbons (Fsp3) is 0.200. The molecule has 0 saturated heterocycles. The second-order valence-corrected chi connectivity index (χ2v) is 4.23.